The van der Waals surface area contributed by atoms with E-state index in [-0.39, 0.29) is 19.5 Å². The molecule has 0 unspecified atom stereocenters. The molecule has 41 valence electrons. The Labute approximate surface area is 55.5 Å². The van der Waals surface area contributed by atoms with Crippen LogP contribution < -0.4 is 0 Å². The molecule has 0 heterocycles. The summed E-state index contributed by atoms with van der Waals surface area (Å²) in [6.07, 6.45) is 0. The quantitative estimate of drug-likeness (QED) is 0.197. The fraction of sp³-hybridized carbons (Fsp3) is 0.667. The van der Waals surface area contributed by atoms with E-state index in [1.165, 1.54) is 0 Å². The summed E-state index contributed by atoms with van der Waals surface area (Å²) in [6, 6.07) is 0.748. The third-order valence-electron chi connectivity index (χ3n) is 0.245. The Morgan fingerprint density at radius 2 is 2.00 bits per heavy atom. The van der Waals surface area contributed by atoms with Crippen LogP contribution in [0.2, 0.25) is 0 Å². The third-order valence-corrected chi connectivity index (χ3v) is 0.245. The van der Waals surface area contributed by atoms with Gasteiger partial charge in [0.2, 0.25) is 0 Å². The Morgan fingerprint density at radius 1 is 1.57 bits per heavy atom. The summed E-state index contributed by atoms with van der Waals surface area (Å²) in [7, 11) is 0. The molecule has 0 atom stereocenters. The van der Waals surface area contributed by atoms with Crippen molar-refractivity contribution < 1.29 is 19.5 Å². The zero-order valence-electron chi connectivity index (χ0n) is 4.20. The van der Waals surface area contributed by atoms with Gasteiger partial charge >= 0.3 is 19.5 Å². The Balaban J connectivity index is 0. The van der Waals surface area contributed by atoms with E-state index in [1.54, 1.807) is 13.8 Å². The van der Waals surface area contributed by atoms with Crippen molar-refractivity contribution >= 4 is 0 Å². The minimum Gasteiger partial charge on any atom is -0.308 e. The number of hydrogen-bond donors (Lipinski definition) is 0. The normalized spacial score (nSPS) is 5.43. The van der Waals surface area contributed by atoms with Crippen LogP contribution in [-0.2, 0) is 19.5 Å². The first-order valence-electron chi connectivity index (χ1n) is 1.62. The van der Waals surface area contributed by atoms with Crippen molar-refractivity contribution in [2.45, 2.75) is 13.8 Å². The first-order valence-corrected chi connectivity index (χ1v) is 1.62. The molecule has 0 aliphatic heterocycles. The Kier molecular flexibility index (Phi) is 8.23. The molecule has 0 saturated heterocycles. The number of hydrogen-bond acceptors (Lipinski definition) is 1. The number of nitrogens with zero attached hydrogens (tertiary/aromatic N) is 3. The maximum Gasteiger partial charge on any atom is 1.00 e. The fourth-order valence-corrected chi connectivity index (χ4v) is 0.0894. The summed E-state index contributed by atoms with van der Waals surface area (Å²) in [6.45, 7) is 3.50. The smallest absolute Gasteiger partial charge is 0.308 e. The summed E-state index contributed by atoms with van der Waals surface area (Å²) in [5, 5.41) is 3.22. The largest absolute Gasteiger partial charge is 1.00 e. The van der Waals surface area contributed by atoms with Gasteiger partial charge in [0.25, 0.3) is 0 Å². The summed E-state index contributed by atoms with van der Waals surface area (Å²) in [4.78, 5) is 2.52. The van der Waals surface area contributed by atoms with E-state index < -0.39 is 0 Å². The molecule has 0 aromatic carbocycles. The van der Waals surface area contributed by atoms with Crippen LogP contribution in [0.1, 0.15) is 13.8 Å². The number of rotatable bonds is 1. The SMILES string of the molecule is C[C-](C)N=[N+]=[N-].[Ru+]. The van der Waals surface area contributed by atoms with E-state index >= 15 is 0 Å². The molecule has 0 aromatic rings. The molecule has 0 amide bonds. The standard InChI is InChI=1S/C3H6N3.Ru/c1-3(2)5-6-4;/h1-2H3;/q-1;+1. The van der Waals surface area contributed by atoms with Crippen LogP contribution >= 0.6 is 0 Å². The van der Waals surface area contributed by atoms with Gasteiger partial charge in [-0.25, -0.2) is 0 Å². The molecule has 7 heavy (non-hydrogen) atoms. The molecular formula is C3H6N3Ru. The first-order chi connectivity index (χ1) is 2.77. The van der Waals surface area contributed by atoms with Gasteiger partial charge in [0.1, 0.15) is 0 Å². The fourth-order valence-electron chi connectivity index (χ4n) is 0.0894. The molecule has 0 rings (SSSR count). The van der Waals surface area contributed by atoms with E-state index in [0.29, 0.717) is 0 Å². The summed E-state index contributed by atoms with van der Waals surface area (Å²) in [5.41, 5.74) is 7.67. The monoisotopic (exact) mass is 186 g/mol. The van der Waals surface area contributed by atoms with Crippen molar-refractivity contribution in [1.82, 2.24) is 0 Å². The molecule has 0 aromatic heterocycles. The van der Waals surface area contributed by atoms with E-state index in [4.69, 9.17) is 5.53 Å². The van der Waals surface area contributed by atoms with Gasteiger partial charge < -0.3 is 6.04 Å². The van der Waals surface area contributed by atoms with Crippen LogP contribution in [-0.4, -0.2) is 0 Å². The molecule has 4 heteroatoms. The van der Waals surface area contributed by atoms with Crippen molar-refractivity contribution in [1.29, 1.82) is 0 Å². The summed E-state index contributed by atoms with van der Waals surface area (Å²) >= 11 is 0. The Hall–Kier alpha value is -0.197. The Morgan fingerprint density at radius 3 is 2.00 bits per heavy atom. The predicted molar refractivity (Wildman–Crippen MR) is 23.7 cm³/mol. The minimum atomic E-state index is 0. The zero-order valence-corrected chi connectivity index (χ0v) is 5.93. The second-order valence-electron chi connectivity index (χ2n) is 1.14. The first kappa shape index (κ1) is 9.93. The van der Waals surface area contributed by atoms with Crippen molar-refractivity contribution in [2.24, 2.45) is 5.11 Å². The van der Waals surface area contributed by atoms with Gasteiger partial charge in [-0.2, -0.15) is 13.8 Å². The predicted octanol–water partition coefficient (Wildman–Crippen LogP) is 1.87. The zero-order chi connectivity index (χ0) is 4.99. The van der Waals surface area contributed by atoms with Crippen molar-refractivity contribution in [3.8, 4) is 0 Å². The van der Waals surface area contributed by atoms with Crippen molar-refractivity contribution in [3.63, 3.8) is 0 Å². The molecule has 0 bridgehead atoms. The van der Waals surface area contributed by atoms with E-state index in [1.807, 2.05) is 0 Å². The van der Waals surface area contributed by atoms with Gasteiger partial charge in [0.15, 0.2) is 0 Å². The average molecular weight is 185 g/mol. The molecule has 0 aliphatic carbocycles. The average Bonchev–Trinajstić information content (AvgIpc) is 1.35. The van der Waals surface area contributed by atoms with Crippen molar-refractivity contribution in [3.05, 3.63) is 16.5 Å². The van der Waals surface area contributed by atoms with E-state index in [9.17, 15) is 0 Å². The Bertz CT molecular complexity index is 74.2. The van der Waals surface area contributed by atoms with Gasteiger partial charge in [0.05, 0.1) is 0 Å². The van der Waals surface area contributed by atoms with Crippen LogP contribution in [0.15, 0.2) is 5.11 Å². The maximum atomic E-state index is 7.67. The van der Waals surface area contributed by atoms with Gasteiger partial charge in [0, 0.05) is 0 Å². The van der Waals surface area contributed by atoms with Gasteiger partial charge in [-0.15, -0.1) is 0 Å². The summed E-state index contributed by atoms with van der Waals surface area (Å²) in [5.74, 6) is 0. The minimum absolute atomic E-state index is 0. The molecule has 0 N–H and O–H groups in total. The number of azide groups is 1. The maximum absolute atomic E-state index is 7.67. The van der Waals surface area contributed by atoms with E-state index in [0.717, 1.165) is 6.04 Å². The van der Waals surface area contributed by atoms with Crippen LogP contribution in [0.4, 0.5) is 0 Å². The molecule has 0 aliphatic rings. The molecule has 3 nitrogen and oxygen atoms in total. The summed E-state index contributed by atoms with van der Waals surface area (Å²) < 4.78 is 0. The molecule has 0 fully saturated rings. The topological polar surface area (TPSA) is 48.8 Å². The molecular weight excluding hydrogens is 179 g/mol. The second-order valence-corrected chi connectivity index (χ2v) is 1.14. The van der Waals surface area contributed by atoms with E-state index in [2.05, 4.69) is 10.0 Å². The molecule has 0 spiro atoms. The van der Waals surface area contributed by atoms with Crippen molar-refractivity contribution in [2.75, 3.05) is 0 Å². The third kappa shape index (κ3) is 10.7. The van der Waals surface area contributed by atoms with Gasteiger partial charge in [-0.05, 0) is 10.4 Å². The van der Waals surface area contributed by atoms with Gasteiger partial charge in [-0.1, -0.05) is 0 Å². The van der Waals surface area contributed by atoms with Crippen LogP contribution in [0.25, 0.3) is 10.4 Å². The molecule has 0 saturated carbocycles. The van der Waals surface area contributed by atoms with Crippen LogP contribution in [0.5, 0.6) is 0 Å². The van der Waals surface area contributed by atoms with Crippen LogP contribution in [0.3, 0.4) is 0 Å². The van der Waals surface area contributed by atoms with Crippen LogP contribution in [0, 0.1) is 6.04 Å². The van der Waals surface area contributed by atoms with Gasteiger partial charge in [-0.3, -0.25) is 5.11 Å². The molecule has 1 radical (unpaired) electrons. The second kappa shape index (κ2) is 5.80.